The number of aromatic nitrogens is 1. The fraction of sp³-hybridized carbons (Fsp3) is 0.200. The molecule has 0 bridgehead atoms. The van der Waals surface area contributed by atoms with Crippen molar-refractivity contribution in [2.45, 2.75) is 24.8 Å². The molecule has 1 amide bonds. The van der Waals surface area contributed by atoms with Crippen LogP contribution in [-0.2, 0) is 0 Å². The highest BCUT2D eigenvalue weighted by atomic mass is 32.2. The van der Waals surface area contributed by atoms with Gasteiger partial charge in [0.15, 0.2) is 5.69 Å². The number of nitrogens with zero attached hydrogens (tertiary/aromatic N) is 1. The second-order valence-corrected chi connectivity index (χ2v) is 6.95. The van der Waals surface area contributed by atoms with Crippen LogP contribution in [0.2, 0.25) is 0 Å². The molecule has 7 heteroatoms. The fourth-order valence-electron chi connectivity index (χ4n) is 2.54. The standard InChI is InChI=1S/C20H18F2N2O2S/c1-11-16(21)8-14(9-17(11)22)12(2)23-19(25)18-10-26-20(24-18)13-5-4-6-15(7-13)27-3/h4-10,12H,1-3H3,(H,23,25)/t12-/m1/s1. The highest BCUT2D eigenvalue weighted by molar-refractivity contribution is 7.98. The molecule has 3 rings (SSSR count). The zero-order chi connectivity index (χ0) is 19.6. The van der Waals surface area contributed by atoms with Crippen LogP contribution in [0.15, 0.2) is 52.0 Å². The minimum atomic E-state index is -0.650. The lowest BCUT2D eigenvalue weighted by Crippen LogP contribution is -2.27. The van der Waals surface area contributed by atoms with Gasteiger partial charge in [0.05, 0.1) is 6.04 Å². The summed E-state index contributed by atoms with van der Waals surface area (Å²) in [5.74, 6) is -1.46. The number of thioether (sulfide) groups is 1. The monoisotopic (exact) mass is 388 g/mol. The molecule has 4 nitrogen and oxygen atoms in total. The van der Waals surface area contributed by atoms with Gasteiger partial charge in [-0.15, -0.1) is 11.8 Å². The van der Waals surface area contributed by atoms with Crippen molar-refractivity contribution in [2.75, 3.05) is 6.26 Å². The molecule has 2 aromatic carbocycles. The maximum absolute atomic E-state index is 13.7. The van der Waals surface area contributed by atoms with E-state index in [-0.39, 0.29) is 11.3 Å². The third-order valence-electron chi connectivity index (χ3n) is 4.20. The molecule has 0 saturated heterocycles. The molecule has 0 fully saturated rings. The zero-order valence-corrected chi connectivity index (χ0v) is 15.9. The normalized spacial score (nSPS) is 12.0. The van der Waals surface area contributed by atoms with Crippen molar-refractivity contribution >= 4 is 17.7 Å². The van der Waals surface area contributed by atoms with Gasteiger partial charge in [-0.05, 0) is 56.0 Å². The quantitative estimate of drug-likeness (QED) is 0.615. The molecule has 1 N–H and O–H groups in total. The highest BCUT2D eigenvalue weighted by Crippen LogP contribution is 2.24. The summed E-state index contributed by atoms with van der Waals surface area (Å²) in [6.45, 7) is 3.01. The Morgan fingerprint density at radius 2 is 1.93 bits per heavy atom. The molecule has 1 aromatic heterocycles. The summed E-state index contributed by atoms with van der Waals surface area (Å²) in [6, 6.07) is 9.44. The van der Waals surface area contributed by atoms with Gasteiger partial charge in [-0.2, -0.15) is 0 Å². The summed E-state index contributed by atoms with van der Waals surface area (Å²) in [6.07, 6.45) is 3.23. The van der Waals surface area contributed by atoms with E-state index < -0.39 is 23.6 Å². The Morgan fingerprint density at radius 3 is 2.59 bits per heavy atom. The van der Waals surface area contributed by atoms with Crippen LogP contribution in [0.25, 0.3) is 11.5 Å². The van der Waals surface area contributed by atoms with Gasteiger partial charge in [0, 0.05) is 16.0 Å². The Labute approximate surface area is 160 Å². The largest absolute Gasteiger partial charge is 0.444 e. The maximum atomic E-state index is 13.7. The Kier molecular flexibility index (Phi) is 5.60. The number of benzene rings is 2. The summed E-state index contributed by atoms with van der Waals surface area (Å²) >= 11 is 1.59. The molecule has 0 saturated carbocycles. The Hall–Kier alpha value is -2.67. The van der Waals surface area contributed by atoms with Gasteiger partial charge in [-0.25, -0.2) is 13.8 Å². The Morgan fingerprint density at radius 1 is 1.22 bits per heavy atom. The van der Waals surface area contributed by atoms with Crippen LogP contribution < -0.4 is 5.32 Å². The predicted octanol–water partition coefficient (Wildman–Crippen LogP) is 5.14. The first-order chi connectivity index (χ1) is 12.9. The first-order valence-electron chi connectivity index (χ1n) is 8.25. The number of hydrogen-bond acceptors (Lipinski definition) is 4. The summed E-state index contributed by atoms with van der Waals surface area (Å²) in [7, 11) is 0. The van der Waals surface area contributed by atoms with E-state index in [2.05, 4.69) is 10.3 Å². The van der Waals surface area contributed by atoms with Gasteiger partial charge in [0.2, 0.25) is 5.89 Å². The third-order valence-corrected chi connectivity index (χ3v) is 4.93. The lowest BCUT2D eigenvalue weighted by molar-refractivity contribution is 0.0934. The molecule has 1 heterocycles. The molecule has 0 spiro atoms. The molecule has 1 atom stereocenters. The fourth-order valence-corrected chi connectivity index (χ4v) is 3.00. The smallest absolute Gasteiger partial charge is 0.273 e. The number of nitrogens with one attached hydrogen (secondary N) is 1. The minimum Gasteiger partial charge on any atom is -0.444 e. The van der Waals surface area contributed by atoms with Crippen molar-refractivity contribution in [3.05, 3.63) is 71.1 Å². The lowest BCUT2D eigenvalue weighted by atomic mass is 10.1. The van der Waals surface area contributed by atoms with Gasteiger partial charge in [0.25, 0.3) is 5.91 Å². The molecular weight excluding hydrogens is 370 g/mol. The van der Waals surface area contributed by atoms with Crippen molar-refractivity contribution < 1.29 is 18.0 Å². The molecule has 27 heavy (non-hydrogen) atoms. The van der Waals surface area contributed by atoms with Gasteiger partial charge in [0.1, 0.15) is 17.9 Å². The second kappa shape index (κ2) is 7.92. The van der Waals surface area contributed by atoms with Crippen LogP contribution in [0.5, 0.6) is 0 Å². The van der Waals surface area contributed by atoms with Crippen molar-refractivity contribution in [3.63, 3.8) is 0 Å². The lowest BCUT2D eigenvalue weighted by Gasteiger charge is -2.14. The Bertz CT molecular complexity index is 965. The van der Waals surface area contributed by atoms with Crippen molar-refractivity contribution in [3.8, 4) is 11.5 Å². The van der Waals surface area contributed by atoms with Crippen LogP contribution >= 0.6 is 11.8 Å². The van der Waals surface area contributed by atoms with Crippen molar-refractivity contribution in [1.29, 1.82) is 0 Å². The summed E-state index contributed by atoms with van der Waals surface area (Å²) in [5, 5.41) is 2.67. The van der Waals surface area contributed by atoms with E-state index in [0.717, 1.165) is 10.5 Å². The number of hydrogen-bond donors (Lipinski definition) is 1. The van der Waals surface area contributed by atoms with Crippen molar-refractivity contribution in [1.82, 2.24) is 10.3 Å². The van der Waals surface area contributed by atoms with E-state index in [1.54, 1.807) is 18.7 Å². The number of halogens is 2. The minimum absolute atomic E-state index is 0.0501. The van der Waals surface area contributed by atoms with Crippen LogP contribution in [0, 0.1) is 18.6 Å². The summed E-state index contributed by atoms with van der Waals surface area (Å²) < 4.78 is 32.9. The van der Waals surface area contributed by atoms with Crippen LogP contribution in [-0.4, -0.2) is 17.1 Å². The van der Waals surface area contributed by atoms with Gasteiger partial charge in [-0.3, -0.25) is 4.79 Å². The van der Waals surface area contributed by atoms with E-state index in [1.807, 2.05) is 30.5 Å². The zero-order valence-electron chi connectivity index (χ0n) is 15.0. The molecule has 140 valence electrons. The van der Waals surface area contributed by atoms with Gasteiger partial charge >= 0.3 is 0 Å². The van der Waals surface area contributed by atoms with Gasteiger partial charge < -0.3 is 9.73 Å². The number of carbonyl (C=O) groups excluding carboxylic acids is 1. The molecule has 0 unspecified atom stereocenters. The topological polar surface area (TPSA) is 55.1 Å². The van der Waals surface area contributed by atoms with E-state index in [0.29, 0.717) is 11.5 Å². The highest BCUT2D eigenvalue weighted by Gasteiger charge is 2.18. The number of rotatable bonds is 5. The molecule has 0 aliphatic rings. The number of oxazole rings is 1. The summed E-state index contributed by atoms with van der Waals surface area (Å²) in [4.78, 5) is 17.7. The molecule has 0 aliphatic carbocycles. The van der Waals surface area contributed by atoms with Crippen LogP contribution in [0.1, 0.15) is 34.6 Å². The number of carbonyl (C=O) groups is 1. The summed E-state index contributed by atoms with van der Waals surface area (Å²) in [5.41, 5.74) is 1.14. The predicted molar refractivity (Wildman–Crippen MR) is 101 cm³/mol. The van der Waals surface area contributed by atoms with Crippen LogP contribution in [0.4, 0.5) is 8.78 Å². The molecule has 3 aromatic rings. The van der Waals surface area contributed by atoms with Gasteiger partial charge in [-0.1, -0.05) is 6.07 Å². The van der Waals surface area contributed by atoms with E-state index in [4.69, 9.17) is 4.42 Å². The molecular formula is C20H18F2N2O2S. The second-order valence-electron chi connectivity index (χ2n) is 6.07. The van der Waals surface area contributed by atoms with Crippen LogP contribution in [0.3, 0.4) is 0 Å². The van der Waals surface area contributed by atoms with E-state index >= 15 is 0 Å². The van der Waals surface area contributed by atoms with E-state index in [9.17, 15) is 13.6 Å². The third kappa shape index (κ3) is 4.19. The number of amides is 1. The SMILES string of the molecule is CSc1cccc(-c2nc(C(=O)N[C@H](C)c3cc(F)c(C)c(F)c3)co2)c1. The van der Waals surface area contributed by atoms with E-state index in [1.165, 1.54) is 25.3 Å². The van der Waals surface area contributed by atoms with Crippen molar-refractivity contribution in [2.24, 2.45) is 0 Å². The average molecular weight is 388 g/mol. The first-order valence-corrected chi connectivity index (χ1v) is 9.48. The maximum Gasteiger partial charge on any atom is 0.273 e. The molecule has 0 aliphatic heterocycles. The first kappa shape index (κ1) is 19.1. The Balaban J connectivity index is 1.76. The average Bonchev–Trinajstić information content (AvgIpc) is 3.16. The molecule has 0 radical (unpaired) electrons.